The molecular formula is C30H52O3. The Hall–Kier alpha value is -0.120. The molecule has 0 aromatic carbocycles. The molecule has 190 valence electrons. The summed E-state index contributed by atoms with van der Waals surface area (Å²) in [6.07, 6.45) is 8.65. The van der Waals surface area contributed by atoms with Crippen molar-refractivity contribution in [3.05, 3.63) is 0 Å². The normalized spacial score (nSPS) is 59.5. The Morgan fingerprint density at radius 2 is 1.24 bits per heavy atom. The highest BCUT2D eigenvalue weighted by atomic mass is 16.3. The molecule has 3 nitrogen and oxygen atoms in total. The van der Waals surface area contributed by atoms with Crippen molar-refractivity contribution in [2.75, 3.05) is 0 Å². The van der Waals surface area contributed by atoms with Gasteiger partial charge in [-0.1, -0.05) is 55.4 Å². The van der Waals surface area contributed by atoms with Gasteiger partial charge in [-0.05, 0) is 109 Å². The minimum absolute atomic E-state index is 0.0105. The van der Waals surface area contributed by atoms with E-state index in [4.69, 9.17) is 0 Å². The summed E-state index contributed by atoms with van der Waals surface area (Å²) in [5.41, 5.74) is 0.305. The van der Waals surface area contributed by atoms with E-state index in [1.807, 2.05) is 0 Å². The predicted molar refractivity (Wildman–Crippen MR) is 134 cm³/mol. The zero-order valence-corrected chi connectivity index (χ0v) is 22.7. The number of aliphatic hydroxyl groups is 3. The second-order valence-electron chi connectivity index (χ2n) is 16.0. The molecule has 0 saturated heterocycles. The number of aliphatic hydroxyl groups excluding tert-OH is 3. The largest absolute Gasteiger partial charge is 0.393 e. The van der Waals surface area contributed by atoms with E-state index in [0.717, 1.165) is 32.1 Å². The van der Waals surface area contributed by atoms with Gasteiger partial charge in [0, 0.05) is 5.41 Å². The van der Waals surface area contributed by atoms with Gasteiger partial charge in [0.15, 0.2) is 0 Å². The predicted octanol–water partition coefficient (Wildman–Crippen LogP) is 6.19. The highest BCUT2D eigenvalue weighted by molar-refractivity contribution is 5.21. The number of rotatable bonds is 0. The van der Waals surface area contributed by atoms with Crippen LogP contribution in [-0.4, -0.2) is 33.6 Å². The Morgan fingerprint density at radius 3 is 1.91 bits per heavy atom. The van der Waals surface area contributed by atoms with Crippen molar-refractivity contribution in [3.8, 4) is 0 Å². The summed E-state index contributed by atoms with van der Waals surface area (Å²) in [4.78, 5) is 0. The zero-order chi connectivity index (χ0) is 24.4. The fourth-order valence-electron chi connectivity index (χ4n) is 11.4. The molecule has 0 radical (unpaired) electrons. The lowest BCUT2D eigenvalue weighted by Crippen LogP contribution is -2.71. The Kier molecular flexibility index (Phi) is 5.21. The summed E-state index contributed by atoms with van der Waals surface area (Å²) >= 11 is 0. The zero-order valence-electron chi connectivity index (χ0n) is 22.7. The molecule has 0 bridgehead atoms. The molecule has 0 aromatic heterocycles. The SMILES string of the molecule is CC1(C)C[C@@H](O)C[C@@H]2[C@H]1CC[C@H]1[C@@]2(C)CC[C@@]2(C)[C@@H]3CC(C)(C)[C@@H](O)C[C@]3(C)C[C@H](O)[C@]12C. The third kappa shape index (κ3) is 3.03. The van der Waals surface area contributed by atoms with Gasteiger partial charge in [0.2, 0.25) is 0 Å². The minimum Gasteiger partial charge on any atom is -0.393 e. The molecule has 0 aliphatic heterocycles. The lowest BCUT2D eigenvalue weighted by molar-refractivity contribution is -0.295. The van der Waals surface area contributed by atoms with E-state index in [0.29, 0.717) is 23.7 Å². The number of hydrogen-bond donors (Lipinski definition) is 3. The van der Waals surface area contributed by atoms with E-state index in [9.17, 15) is 15.3 Å². The Morgan fingerprint density at radius 1 is 0.606 bits per heavy atom. The molecule has 11 atom stereocenters. The van der Waals surface area contributed by atoms with Gasteiger partial charge in [0.1, 0.15) is 0 Å². The maximum Gasteiger partial charge on any atom is 0.0607 e. The molecule has 33 heavy (non-hydrogen) atoms. The van der Waals surface area contributed by atoms with Gasteiger partial charge in [-0.2, -0.15) is 0 Å². The molecule has 0 unspecified atom stereocenters. The van der Waals surface area contributed by atoms with E-state index in [1.165, 1.54) is 25.7 Å². The lowest BCUT2D eigenvalue weighted by Gasteiger charge is -2.75. The van der Waals surface area contributed by atoms with Crippen LogP contribution in [0.4, 0.5) is 0 Å². The quantitative estimate of drug-likeness (QED) is 0.404. The standard InChI is InChI=1S/C30H52O3/c1-25(2)14-18(31)13-20-19(25)9-10-21-28(20,6)11-12-29(7)22-15-26(3,4)23(32)16-27(22,5)17-24(33)30(21,29)8/h18-24,31-33H,9-17H2,1-8H3/t18-,19+,20+,21-,22+,23-,24-,27+,28-,29-,30-/m0/s1. The van der Waals surface area contributed by atoms with Crippen molar-refractivity contribution in [1.82, 2.24) is 0 Å². The van der Waals surface area contributed by atoms with Crippen molar-refractivity contribution in [1.29, 1.82) is 0 Å². The van der Waals surface area contributed by atoms with Crippen LogP contribution in [0.5, 0.6) is 0 Å². The lowest BCUT2D eigenvalue weighted by atomic mass is 9.30. The molecular weight excluding hydrogens is 408 g/mol. The van der Waals surface area contributed by atoms with Crippen molar-refractivity contribution < 1.29 is 15.3 Å². The van der Waals surface area contributed by atoms with Crippen molar-refractivity contribution >= 4 is 0 Å². The maximum absolute atomic E-state index is 12.0. The van der Waals surface area contributed by atoms with Gasteiger partial charge in [0.25, 0.3) is 0 Å². The first-order valence-corrected chi connectivity index (χ1v) is 14.1. The third-order valence-electron chi connectivity index (χ3n) is 13.6. The fourth-order valence-corrected chi connectivity index (χ4v) is 11.4. The van der Waals surface area contributed by atoms with Crippen LogP contribution < -0.4 is 0 Å². The first-order chi connectivity index (χ1) is 15.0. The van der Waals surface area contributed by atoms with E-state index < -0.39 is 0 Å². The van der Waals surface area contributed by atoms with E-state index in [1.54, 1.807) is 0 Å². The Bertz CT molecular complexity index is 804. The molecule has 0 aromatic rings. The molecule has 3 N–H and O–H groups in total. The summed E-state index contributed by atoms with van der Waals surface area (Å²) in [7, 11) is 0. The second kappa shape index (κ2) is 7.00. The van der Waals surface area contributed by atoms with Gasteiger partial charge in [-0.3, -0.25) is 0 Å². The average molecular weight is 461 g/mol. The molecule has 5 saturated carbocycles. The van der Waals surface area contributed by atoms with Gasteiger partial charge in [0.05, 0.1) is 18.3 Å². The van der Waals surface area contributed by atoms with Crippen LogP contribution in [0.3, 0.4) is 0 Å². The van der Waals surface area contributed by atoms with Gasteiger partial charge >= 0.3 is 0 Å². The monoisotopic (exact) mass is 460 g/mol. The Balaban J connectivity index is 1.57. The molecule has 3 heteroatoms. The molecule has 5 aliphatic carbocycles. The third-order valence-corrected chi connectivity index (χ3v) is 13.6. The van der Waals surface area contributed by atoms with Crippen LogP contribution >= 0.6 is 0 Å². The van der Waals surface area contributed by atoms with Crippen molar-refractivity contribution in [2.24, 2.45) is 56.2 Å². The van der Waals surface area contributed by atoms with Crippen LogP contribution in [0.2, 0.25) is 0 Å². The summed E-state index contributed by atoms with van der Waals surface area (Å²) in [5.74, 6) is 2.28. The van der Waals surface area contributed by atoms with Crippen LogP contribution in [0.25, 0.3) is 0 Å². The van der Waals surface area contributed by atoms with Gasteiger partial charge < -0.3 is 15.3 Å². The van der Waals surface area contributed by atoms with E-state index in [-0.39, 0.29) is 50.8 Å². The number of hydrogen-bond acceptors (Lipinski definition) is 3. The molecule has 5 fully saturated rings. The fraction of sp³-hybridized carbons (Fsp3) is 1.00. The topological polar surface area (TPSA) is 60.7 Å². The molecule has 5 aliphatic rings. The molecule has 5 rings (SSSR count). The average Bonchev–Trinajstić information content (AvgIpc) is 2.67. The summed E-state index contributed by atoms with van der Waals surface area (Å²) in [5, 5.41) is 33.9. The van der Waals surface area contributed by atoms with Crippen LogP contribution in [0, 0.1) is 56.2 Å². The smallest absolute Gasteiger partial charge is 0.0607 e. The maximum atomic E-state index is 12.0. The first kappa shape index (κ1) is 24.6. The molecule has 0 amide bonds. The summed E-state index contributed by atoms with van der Waals surface area (Å²) in [6, 6.07) is 0. The minimum atomic E-state index is -0.320. The highest BCUT2D eigenvalue weighted by Gasteiger charge is 2.73. The highest BCUT2D eigenvalue weighted by Crippen LogP contribution is 2.77. The van der Waals surface area contributed by atoms with Crippen LogP contribution in [0.15, 0.2) is 0 Å². The van der Waals surface area contributed by atoms with Gasteiger partial charge in [-0.15, -0.1) is 0 Å². The van der Waals surface area contributed by atoms with Crippen molar-refractivity contribution in [3.63, 3.8) is 0 Å². The number of fused-ring (bicyclic) bond motifs is 7. The molecule has 0 heterocycles. The van der Waals surface area contributed by atoms with E-state index in [2.05, 4.69) is 55.4 Å². The first-order valence-electron chi connectivity index (χ1n) is 14.1. The van der Waals surface area contributed by atoms with E-state index >= 15 is 0 Å². The van der Waals surface area contributed by atoms with Crippen LogP contribution in [0.1, 0.15) is 113 Å². The molecule has 0 spiro atoms. The van der Waals surface area contributed by atoms with Crippen LogP contribution in [-0.2, 0) is 0 Å². The summed E-state index contributed by atoms with van der Waals surface area (Å²) in [6.45, 7) is 19.2. The van der Waals surface area contributed by atoms with Gasteiger partial charge in [-0.25, -0.2) is 0 Å². The Labute approximate surface area is 203 Å². The second-order valence-corrected chi connectivity index (χ2v) is 16.0. The summed E-state index contributed by atoms with van der Waals surface area (Å²) < 4.78 is 0. The van der Waals surface area contributed by atoms with Crippen molar-refractivity contribution in [2.45, 2.75) is 131 Å².